The van der Waals surface area contributed by atoms with Crippen LogP contribution in [0.25, 0.3) is 0 Å². The number of hydrogen-bond acceptors (Lipinski definition) is 5. The minimum atomic E-state index is -4.19. The Morgan fingerprint density at radius 1 is 0.950 bits per heavy atom. The lowest BCUT2D eigenvalue weighted by atomic mass is 10.1. The Balaban J connectivity index is 2.05. The van der Waals surface area contributed by atoms with Crippen LogP contribution in [0.1, 0.15) is 31.9 Å². The normalized spacial score (nSPS) is 12.1. The van der Waals surface area contributed by atoms with Gasteiger partial charge in [0, 0.05) is 22.6 Å². The predicted octanol–water partition coefficient (Wildman–Crippen LogP) is 5.45. The highest BCUT2D eigenvalue weighted by Crippen LogP contribution is 2.27. The number of halogens is 2. The van der Waals surface area contributed by atoms with E-state index in [4.69, 9.17) is 27.9 Å². The Kier molecular flexibility index (Phi) is 10.5. The van der Waals surface area contributed by atoms with E-state index in [0.717, 1.165) is 9.87 Å². The average molecular weight is 607 g/mol. The van der Waals surface area contributed by atoms with E-state index in [1.54, 1.807) is 49.4 Å². The van der Waals surface area contributed by atoms with E-state index in [9.17, 15) is 18.0 Å². The Labute approximate surface area is 245 Å². The van der Waals surface area contributed by atoms with Gasteiger partial charge in [-0.15, -0.1) is 0 Å². The maximum absolute atomic E-state index is 13.9. The van der Waals surface area contributed by atoms with Gasteiger partial charge in [-0.05, 0) is 81.8 Å². The van der Waals surface area contributed by atoms with Gasteiger partial charge in [0.15, 0.2) is 0 Å². The molecule has 0 saturated heterocycles. The molecule has 0 bridgehead atoms. The quantitative estimate of drug-likeness (QED) is 0.313. The minimum absolute atomic E-state index is 0.0143. The van der Waals surface area contributed by atoms with Crippen LogP contribution in [0, 0.1) is 6.92 Å². The first kappa shape index (κ1) is 31.3. The molecule has 3 aromatic rings. The fourth-order valence-corrected chi connectivity index (χ4v) is 5.82. The van der Waals surface area contributed by atoms with Crippen LogP contribution in [0.15, 0.2) is 71.6 Å². The molecule has 0 aliphatic rings. The Morgan fingerprint density at radius 2 is 1.57 bits per heavy atom. The van der Waals surface area contributed by atoms with Crippen LogP contribution in [0.5, 0.6) is 5.75 Å². The van der Waals surface area contributed by atoms with Crippen molar-refractivity contribution in [1.82, 2.24) is 10.2 Å². The first-order valence-corrected chi connectivity index (χ1v) is 14.8. The van der Waals surface area contributed by atoms with Crippen LogP contribution in [0.3, 0.4) is 0 Å². The highest BCUT2D eigenvalue weighted by molar-refractivity contribution is 7.92. The summed E-state index contributed by atoms with van der Waals surface area (Å²) in [6.45, 7) is 6.51. The Bertz CT molecular complexity index is 1450. The molecular weight excluding hydrogens is 573 g/mol. The van der Waals surface area contributed by atoms with Crippen molar-refractivity contribution in [3.05, 3.63) is 87.9 Å². The molecule has 0 aliphatic carbocycles. The lowest BCUT2D eigenvalue weighted by Gasteiger charge is -2.32. The molecule has 0 spiro atoms. The molecule has 0 aromatic heterocycles. The van der Waals surface area contributed by atoms with Gasteiger partial charge in [0.25, 0.3) is 10.0 Å². The number of rotatable bonds is 11. The molecule has 1 atom stereocenters. The number of aryl methyl sites for hydroxylation is 1. The largest absolute Gasteiger partial charge is 0.497 e. The summed E-state index contributed by atoms with van der Waals surface area (Å²) < 4.78 is 33.9. The highest BCUT2D eigenvalue weighted by atomic mass is 35.5. The maximum atomic E-state index is 13.9. The average Bonchev–Trinajstić information content (AvgIpc) is 2.91. The second-order valence-electron chi connectivity index (χ2n) is 9.62. The number of ether oxygens (including phenoxy) is 1. The van der Waals surface area contributed by atoms with E-state index in [-0.39, 0.29) is 23.4 Å². The molecule has 40 heavy (non-hydrogen) atoms. The van der Waals surface area contributed by atoms with E-state index in [1.165, 1.54) is 36.3 Å². The second-order valence-corrected chi connectivity index (χ2v) is 12.3. The fraction of sp³-hybridized carbons (Fsp3) is 0.310. The third-order valence-electron chi connectivity index (χ3n) is 6.20. The molecule has 0 aliphatic heterocycles. The summed E-state index contributed by atoms with van der Waals surface area (Å²) in [4.78, 5) is 28.2. The summed E-state index contributed by atoms with van der Waals surface area (Å²) in [6, 6.07) is 16.5. The molecule has 214 valence electrons. The molecule has 3 rings (SSSR count). The predicted molar refractivity (Wildman–Crippen MR) is 158 cm³/mol. The van der Waals surface area contributed by atoms with Gasteiger partial charge in [-0.1, -0.05) is 47.0 Å². The second kappa shape index (κ2) is 13.4. The van der Waals surface area contributed by atoms with Crippen LogP contribution < -0.4 is 14.4 Å². The number of carbonyl (C=O) groups is 2. The van der Waals surface area contributed by atoms with E-state index in [2.05, 4.69) is 5.32 Å². The van der Waals surface area contributed by atoms with Crippen LogP contribution in [0.2, 0.25) is 10.0 Å². The number of nitrogens with one attached hydrogen (secondary N) is 1. The van der Waals surface area contributed by atoms with Crippen LogP contribution in [-0.2, 0) is 26.2 Å². The summed E-state index contributed by atoms with van der Waals surface area (Å²) >= 11 is 12.5. The van der Waals surface area contributed by atoms with Gasteiger partial charge in [0.05, 0.1) is 17.7 Å². The molecule has 11 heteroatoms. The summed E-state index contributed by atoms with van der Waals surface area (Å²) in [5, 5.41) is 3.56. The van der Waals surface area contributed by atoms with E-state index in [0.29, 0.717) is 27.0 Å². The zero-order chi connectivity index (χ0) is 29.6. The molecule has 2 amide bonds. The molecule has 0 unspecified atom stereocenters. The van der Waals surface area contributed by atoms with Crippen molar-refractivity contribution in [2.45, 2.75) is 51.2 Å². The zero-order valence-electron chi connectivity index (χ0n) is 23.0. The number of nitrogens with zero attached hydrogens (tertiary/aromatic N) is 2. The minimum Gasteiger partial charge on any atom is -0.497 e. The van der Waals surface area contributed by atoms with Crippen molar-refractivity contribution in [3.63, 3.8) is 0 Å². The van der Waals surface area contributed by atoms with Crippen LogP contribution in [0.4, 0.5) is 5.69 Å². The summed E-state index contributed by atoms with van der Waals surface area (Å²) in [5.74, 6) is -0.476. The first-order chi connectivity index (χ1) is 18.8. The first-order valence-electron chi connectivity index (χ1n) is 12.6. The van der Waals surface area contributed by atoms with Crippen molar-refractivity contribution in [2.24, 2.45) is 0 Å². The molecule has 0 heterocycles. The number of sulfonamides is 1. The van der Waals surface area contributed by atoms with Crippen molar-refractivity contribution in [2.75, 3.05) is 18.0 Å². The molecular formula is C29H33Cl2N3O5S. The third-order valence-corrected chi connectivity index (χ3v) is 8.58. The molecule has 8 nitrogen and oxygen atoms in total. The Hall–Kier alpha value is -3.27. The van der Waals surface area contributed by atoms with Gasteiger partial charge in [0.2, 0.25) is 11.8 Å². The van der Waals surface area contributed by atoms with Crippen molar-refractivity contribution < 1.29 is 22.7 Å². The number of hydrogen-bond donors (Lipinski definition) is 1. The molecule has 1 N–H and O–H groups in total. The van der Waals surface area contributed by atoms with Gasteiger partial charge in [-0.2, -0.15) is 0 Å². The van der Waals surface area contributed by atoms with Gasteiger partial charge in [-0.3, -0.25) is 13.9 Å². The van der Waals surface area contributed by atoms with Gasteiger partial charge >= 0.3 is 0 Å². The van der Waals surface area contributed by atoms with Gasteiger partial charge < -0.3 is 15.0 Å². The monoisotopic (exact) mass is 605 g/mol. The summed E-state index contributed by atoms with van der Waals surface area (Å²) in [5.41, 5.74) is 1.79. The number of amides is 2. The number of carbonyl (C=O) groups excluding carboxylic acids is 2. The van der Waals surface area contributed by atoms with Crippen LogP contribution >= 0.6 is 23.2 Å². The lowest BCUT2D eigenvalue weighted by Crippen LogP contribution is -2.52. The third kappa shape index (κ3) is 7.68. The molecule has 3 aromatic carbocycles. The van der Waals surface area contributed by atoms with E-state index >= 15 is 0 Å². The lowest BCUT2D eigenvalue weighted by molar-refractivity contribution is -0.139. The molecule has 0 fully saturated rings. The Morgan fingerprint density at radius 3 is 2.12 bits per heavy atom. The number of methoxy groups -OCH3 is 1. The van der Waals surface area contributed by atoms with Gasteiger partial charge in [-0.25, -0.2) is 8.42 Å². The SMILES string of the molecule is COc1ccc(S(=O)(=O)N(CC(=O)N(Cc2ccc(Cl)cc2Cl)[C@@H](C)C(=O)NC(C)C)c2ccc(C)cc2)cc1. The fourth-order valence-electron chi connectivity index (χ4n) is 3.94. The van der Waals surface area contributed by atoms with Crippen molar-refractivity contribution in [1.29, 1.82) is 0 Å². The van der Waals surface area contributed by atoms with Crippen molar-refractivity contribution >= 4 is 50.7 Å². The molecule has 0 radical (unpaired) electrons. The smallest absolute Gasteiger partial charge is 0.264 e. The van der Waals surface area contributed by atoms with Crippen molar-refractivity contribution in [3.8, 4) is 5.75 Å². The maximum Gasteiger partial charge on any atom is 0.264 e. The zero-order valence-corrected chi connectivity index (χ0v) is 25.3. The number of benzene rings is 3. The summed E-state index contributed by atoms with van der Waals surface area (Å²) in [6.07, 6.45) is 0. The number of anilines is 1. The van der Waals surface area contributed by atoms with Gasteiger partial charge in [0.1, 0.15) is 18.3 Å². The topological polar surface area (TPSA) is 96.0 Å². The molecule has 0 saturated carbocycles. The van der Waals surface area contributed by atoms with E-state index < -0.39 is 28.5 Å². The highest BCUT2D eigenvalue weighted by Gasteiger charge is 2.33. The standard InChI is InChI=1S/C29H33Cl2N3O5S/c1-19(2)32-29(36)21(4)33(17-22-8-9-23(30)16-27(22)31)28(35)18-34(24-10-6-20(3)7-11-24)40(37,38)26-14-12-25(39-5)13-15-26/h6-16,19,21H,17-18H2,1-5H3,(H,32,36)/t21-/m0/s1. The summed E-state index contributed by atoms with van der Waals surface area (Å²) in [7, 11) is -2.70. The van der Waals surface area contributed by atoms with Crippen LogP contribution in [-0.4, -0.2) is 50.9 Å². The van der Waals surface area contributed by atoms with E-state index in [1.807, 2.05) is 20.8 Å².